The zero-order valence-corrected chi connectivity index (χ0v) is 28.1. The predicted octanol–water partition coefficient (Wildman–Crippen LogP) is 6.21. The van der Waals surface area contributed by atoms with Crippen molar-refractivity contribution in [3.8, 4) is 5.75 Å². The Morgan fingerprint density at radius 1 is 0.750 bits per heavy atom. The summed E-state index contributed by atoms with van der Waals surface area (Å²) >= 11 is 11.7. The molecule has 0 spiro atoms. The van der Waals surface area contributed by atoms with Crippen molar-refractivity contribution in [2.45, 2.75) is 23.1 Å². The molecule has 23 heteroatoms. The molecule has 0 aliphatic carbocycles. The van der Waals surface area contributed by atoms with Crippen molar-refractivity contribution in [1.29, 1.82) is 0 Å². The minimum Gasteiger partial charge on any atom is -0.491 e. The lowest BCUT2D eigenvalue weighted by Crippen LogP contribution is -2.09. The molecule has 18 nitrogen and oxygen atoms in total. The summed E-state index contributed by atoms with van der Waals surface area (Å²) in [5.74, 6) is -0.532. The standard InChI is InChI=1S/C25H22Cl2N8O10S3/c1-14-11-20(28-25-30-23(26)29-24(27)31-25)21(45-9-2-10-46(36,37)38)13-19(14)35-34-18-8-5-16(12-22(18)48(42,43)44)33-32-15-3-6-17(7-4-15)47(39,40)41/h3-8,11-13H,2,9-10H2,1H3,(H,36,37,38)(H,39,40,41)(H,42,43,44)(H,28,29,30,31). The van der Waals surface area contributed by atoms with Crippen LogP contribution in [0.5, 0.6) is 5.75 Å². The Hall–Kier alpha value is -4.22. The van der Waals surface area contributed by atoms with Gasteiger partial charge in [-0.1, -0.05) is 0 Å². The molecular formula is C25H22Cl2N8O10S3. The van der Waals surface area contributed by atoms with Crippen LogP contribution in [0, 0.1) is 6.92 Å². The number of ether oxygens (including phenoxy) is 1. The number of aromatic nitrogens is 3. The maximum Gasteiger partial charge on any atom is 0.296 e. The Morgan fingerprint density at radius 3 is 1.96 bits per heavy atom. The Kier molecular flexibility index (Phi) is 11.4. The Balaban J connectivity index is 1.65. The van der Waals surface area contributed by atoms with Crippen molar-refractivity contribution in [3.63, 3.8) is 0 Å². The molecule has 1 aromatic heterocycles. The van der Waals surface area contributed by atoms with Gasteiger partial charge in [-0.3, -0.25) is 13.7 Å². The fraction of sp³-hybridized carbons (Fsp3) is 0.160. The molecule has 4 rings (SSSR count). The fourth-order valence-corrected chi connectivity index (χ4v) is 5.66. The summed E-state index contributed by atoms with van der Waals surface area (Å²) in [5.41, 5.74) is 0.766. The molecule has 1 heterocycles. The van der Waals surface area contributed by atoms with Gasteiger partial charge in [0.2, 0.25) is 16.5 Å². The van der Waals surface area contributed by atoms with Gasteiger partial charge in [0.05, 0.1) is 40.0 Å². The number of aryl methyl sites for hydroxylation is 1. The smallest absolute Gasteiger partial charge is 0.296 e. The molecule has 0 amide bonds. The molecule has 254 valence electrons. The molecule has 0 saturated carbocycles. The zero-order valence-electron chi connectivity index (χ0n) is 24.1. The van der Waals surface area contributed by atoms with Crippen LogP contribution in [-0.2, 0) is 30.4 Å². The number of hydrogen-bond acceptors (Lipinski definition) is 15. The third-order valence-corrected chi connectivity index (χ3v) is 8.73. The highest BCUT2D eigenvalue weighted by atomic mass is 35.5. The van der Waals surface area contributed by atoms with E-state index in [-0.39, 0.29) is 68.6 Å². The van der Waals surface area contributed by atoms with E-state index >= 15 is 0 Å². The maximum atomic E-state index is 12.2. The van der Waals surface area contributed by atoms with Gasteiger partial charge < -0.3 is 10.1 Å². The van der Waals surface area contributed by atoms with E-state index in [1.165, 1.54) is 36.4 Å². The fourth-order valence-electron chi connectivity index (χ4n) is 3.69. The van der Waals surface area contributed by atoms with Gasteiger partial charge in [-0.15, -0.1) is 5.11 Å². The van der Waals surface area contributed by atoms with Gasteiger partial charge in [0, 0.05) is 6.07 Å². The summed E-state index contributed by atoms with van der Waals surface area (Å²) in [5, 5.41) is 18.3. The van der Waals surface area contributed by atoms with Gasteiger partial charge in [-0.25, -0.2) is 0 Å². The summed E-state index contributed by atoms with van der Waals surface area (Å²) in [7, 11) is -13.5. The number of rotatable bonds is 13. The van der Waals surface area contributed by atoms with E-state index in [9.17, 15) is 29.8 Å². The largest absolute Gasteiger partial charge is 0.491 e. The summed E-state index contributed by atoms with van der Waals surface area (Å²) in [6.07, 6.45) is -0.0797. The van der Waals surface area contributed by atoms with E-state index < -0.39 is 41.0 Å². The SMILES string of the molecule is Cc1cc(Nc2nc(Cl)nc(Cl)n2)c(OCCCS(=O)(=O)O)cc1N=Nc1ccc(N=Nc2ccc(S(=O)(=O)O)cc2)cc1S(=O)(=O)O. The number of benzene rings is 3. The van der Waals surface area contributed by atoms with Crippen LogP contribution in [0.2, 0.25) is 10.6 Å². The van der Waals surface area contributed by atoms with Crippen molar-refractivity contribution in [2.24, 2.45) is 20.5 Å². The molecule has 0 radical (unpaired) electrons. The van der Waals surface area contributed by atoms with E-state index in [2.05, 4.69) is 40.7 Å². The maximum absolute atomic E-state index is 12.2. The van der Waals surface area contributed by atoms with Gasteiger partial charge in [0.15, 0.2) is 0 Å². The molecule has 0 saturated heterocycles. The molecule has 0 bridgehead atoms. The summed E-state index contributed by atoms with van der Waals surface area (Å²) in [6, 6.07) is 11.1. The number of anilines is 2. The van der Waals surface area contributed by atoms with E-state index in [1.807, 2.05) is 0 Å². The van der Waals surface area contributed by atoms with Gasteiger partial charge in [-0.2, -0.15) is 55.5 Å². The lowest BCUT2D eigenvalue weighted by Gasteiger charge is -2.15. The predicted molar refractivity (Wildman–Crippen MR) is 172 cm³/mol. The number of azo groups is 2. The van der Waals surface area contributed by atoms with Gasteiger partial charge in [0.1, 0.15) is 16.3 Å². The topological polar surface area (TPSA) is 272 Å². The van der Waals surface area contributed by atoms with E-state index in [0.717, 1.165) is 18.2 Å². The highest BCUT2D eigenvalue weighted by Gasteiger charge is 2.18. The molecular weight excluding hydrogens is 739 g/mol. The monoisotopic (exact) mass is 760 g/mol. The van der Waals surface area contributed by atoms with E-state index in [0.29, 0.717) is 5.56 Å². The Morgan fingerprint density at radius 2 is 1.35 bits per heavy atom. The number of halogens is 2. The third-order valence-electron chi connectivity index (χ3n) is 5.83. The van der Waals surface area contributed by atoms with Crippen LogP contribution in [-0.4, -0.2) is 66.2 Å². The first-order valence-electron chi connectivity index (χ1n) is 13.0. The molecule has 0 aliphatic rings. The first kappa shape index (κ1) is 36.6. The molecule has 0 fully saturated rings. The van der Waals surface area contributed by atoms with Crippen molar-refractivity contribution in [2.75, 3.05) is 17.7 Å². The zero-order chi connectivity index (χ0) is 35.3. The van der Waals surface area contributed by atoms with Gasteiger partial charge >= 0.3 is 0 Å². The average molecular weight is 762 g/mol. The van der Waals surface area contributed by atoms with Gasteiger partial charge in [0.25, 0.3) is 30.4 Å². The third kappa shape index (κ3) is 10.6. The molecule has 4 N–H and O–H groups in total. The normalized spacial score (nSPS) is 12.5. The first-order valence-corrected chi connectivity index (χ1v) is 18.2. The highest BCUT2D eigenvalue weighted by molar-refractivity contribution is 7.86. The summed E-state index contributed by atoms with van der Waals surface area (Å²) in [6.45, 7) is 1.46. The van der Waals surface area contributed by atoms with Crippen LogP contribution in [0.15, 0.2) is 84.8 Å². The van der Waals surface area contributed by atoms with Crippen LogP contribution in [0.25, 0.3) is 0 Å². The Labute approximate surface area is 283 Å². The lowest BCUT2D eigenvalue weighted by atomic mass is 10.1. The van der Waals surface area contributed by atoms with Crippen molar-refractivity contribution < 1.29 is 43.6 Å². The van der Waals surface area contributed by atoms with Crippen molar-refractivity contribution in [3.05, 3.63) is 70.7 Å². The van der Waals surface area contributed by atoms with Crippen LogP contribution in [0.3, 0.4) is 0 Å². The number of hydrogen-bond donors (Lipinski definition) is 4. The quantitative estimate of drug-likeness (QED) is 0.0670. The first-order chi connectivity index (χ1) is 22.4. The Bertz CT molecular complexity index is 2220. The molecule has 0 unspecified atom stereocenters. The summed E-state index contributed by atoms with van der Waals surface area (Å²) in [4.78, 5) is 10.5. The second-order valence-electron chi connectivity index (χ2n) is 9.44. The van der Waals surface area contributed by atoms with Crippen LogP contribution in [0.4, 0.5) is 34.4 Å². The lowest BCUT2D eigenvalue weighted by molar-refractivity contribution is 0.317. The highest BCUT2D eigenvalue weighted by Crippen LogP contribution is 2.37. The minimum atomic E-state index is -4.85. The molecule has 0 aliphatic heterocycles. The van der Waals surface area contributed by atoms with Crippen LogP contribution < -0.4 is 10.1 Å². The van der Waals surface area contributed by atoms with E-state index in [1.54, 1.807) is 6.92 Å². The van der Waals surface area contributed by atoms with Gasteiger partial charge in [-0.05, 0) is 90.6 Å². The van der Waals surface area contributed by atoms with Crippen LogP contribution >= 0.6 is 23.2 Å². The number of nitrogens with zero attached hydrogens (tertiary/aromatic N) is 7. The average Bonchev–Trinajstić information content (AvgIpc) is 2.97. The molecule has 48 heavy (non-hydrogen) atoms. The minimum absolute atomic E-state index is 0.0221. The molecule has 3 aromatic carbocycles. The molecule has 4 aromatic rings. The van der Waals surface area contributed by atoms with Crippen molar-refractivity contribution in [1.82, 2.24) is 15.0 Å². The molecule has 0 atom stereocenters. The second kappa shape index (κ2) is 14.9. The number of nitrogens with one attached hydrogen (secondary N) is 1. The van der Waals surface area contributed by atoms with Crippen molar-refractivity contribution >= 4 is 87.9 Å². The second-order valence-corrected chi connectivity index (χ2v) is 14.5. The van der Waals surface area contributed by atoms with Crippen LogP contribution in [0.1, 0.15) is 12.0 Å². The summed E-state index contributed by atoms with van der Waals surface area (Å²) < 4.78 is 103. The van der Waals surface area contributed by atoms with E-state index in [4.69, 9.17) is 37.0 Å².